The van der Waals surface area contributed by atoms with E-state index in [2.05, 4.69) is 9.38 Å². The maximum atomic E-state index is 5.20. The van der Waals surface area contributed by atoms with Crippen LogP contribution in [0.4, 0.5) is 0 Å². The van der Waals surface area contributed by atoms with Crippen LogP contribution < -0.4 is 4.74 Å². The molecule has 3 nitrogen and oxygen atoms in total. The number of hydrogen-bond donors (Lipinski definition) is 0. The molecule has 0 saturated carbocycles. The Kier molecular flexibility index (Phi) is 1.65. The van der Waals surface area contributed by atoms with Crippen molar-refractivity contribution in [2.45, 2.75) is 0 Å². The number of pyridine rings is 1. The van der Waals surface area contributed by atoms with Crippen molar-refractivity contribution in [3.8, 4) is 5.75 Å². The van der Waals surface area contributed by atoms with Gasteiger partial charge in [-0.05, 0) is 24.3 Å². The van der Waals surface area contributed by atoms with Crippen LogP contribution in [0.5, 0.6) is 5.75 Å². The topological polar surface area (TPSA) is 26.5 Å². The maximum Gasteiger partial charge on any atom is 0.137 e. The summed E-state index contributed by atoms with van der Waals surface area (Å²) in [5.41, 5.74) is 3.02. The first-order valence-electron chi connectivity index (χ1n) is 4.79. The van der Waals surface area contributed by atoms with Gasteiger partial charge >= 0.3 is 0 Å². The van der Waals surface area contributed by atoms with Crippen LogP contribution in [-0.4, -0.2) is 16.5 Å². The number of ether oxygens (including phenoxy) is 1. The number of fused-ring (bicyclic) bond motifs is 3. The Labute approximate surface area is 86.9 Å². The lowest BCUT2D eigenvalue weighted by atomic mass is 10.3. The smallest absolute Gasteiger partial charge is 0.137 e. The molecule has 3 aromatic rings. The van der Waals surface area contributed by atoms with E-state index in [1.54, 1.807) is 7.11 Å². The molecule has 0 atom stereocenters. The molecule has 3 rings (SSSR count). The molecular weight excluding hydrogens is 188 g/mol. The van der Waals surface area contributed by atoms with Gasteiger partial charge < -0.3 is 4.74 Å². The van der Waals surface area contributed by atoms with Crippen molar-refractivity contribution >= 4 is 16.7 Å². The predicted octanol–water partition coefficient (Wildman–Crippen LogP) is 2.50. The van der Waals surface area contributed by atoms with Gasteiger partial charge in [0.05, 0.1) is 18.1 Å². The lowest BCUT2D eigenvalue weighted by Crippen LogP contribution is -1.84. The number of imidazole rings is 1. The molecule has 2 heterocycles. The van der Waals surface area contributed by atoms with E-state index in [1.807, 2.05) is 42.6 Å². The Morgan fingerprint density at radius 3 is 3.00 bits per heavy atom. The van der Waals surface area contributed by atoms with E-state index in [0.717, 1.165) is 22.4 Å². The van der Waals surface area contributed by atoms with Gasteiger partial charge in [-0.25, -0.2) is 4.98 Å². The number of hydrogen-bond acceptors (Lipinski definition) is 2. The number of aromatic nitrogens is 2. The number of methoxy groups -OCH3 is 1. The summed E-state index contributed by atoms with van der Waals surface area (Å²) in [5.74, 6) is 0.855. The van der Waals surface area contributed by atoms with Crippen LogP contribution in [-0.2, 0) is 0 Å². The lowest BCUT2D eigenvalue weighted by molar-refractivity contribution is 0.415. The standard InChI is InChI=1S/C12H10N2O/c1-15-9-5-6-10-11(8-9)14-7-3-2-4-12(14)13-10/h2-8H,1H3. The van der Waals surface area contributed by atoms with Crippen LogP contribution in [0.15, 0.2) is 42.6 Å². The first-order chi connectivity index (χ1) is 7.38. The van der Waals surface area contributed by atoms with Gasteiger partial charge in [-0.2, -0.15) is 0 Å². The average Bonchev–Trinajstić information content (AvgIpc) is 2.66. The van der Waals surface area contributed by atoms with E-state index in [9.17, 15) is 0 Å². The second-order valence-corrected chi connectivity index (χ2v) is 3.40. The van der Waals surface area contributed by atoms with Crippen LogP contribution in [0.2, 0.25) is 0 Å². The van der Waals surface area contributed by atoms with E-state index in [0.29, 0.717) is 0 Å². The third kappa shape index (κ3) is 1.16. The van der Waals surface area contributed by atoms with E-state index in [4.69, 9.17) is 4.74 Å². The van der Waals surface area contributed by atoms with Gasteiger partial charge in [0.1, 0.15) is 11.4 Å². The fourth-order valence-electron chi connectivity index (χ4n) is 1.77. The second-order valence-electron chi connectivity index (χ2n) is 3.40. The molecule has 0 unspecified atom stereocenters. The molecule has 0 aliphatic heterocycles. The second kappa shape index (κ2) is 2.98. The molecule has 74 valence electrons. The fraction of sp³-hybridized carbons (Fsp3) is 0.0833. The number of nitrogens with zero attached hydrogens (tertiary/aromatic N) is 2. The Bertz CT molecular complexity index is 628. The number of benzene rings is 1. The Morgan fingerprint density at radius 1 is 1.20 bits per heavy atom. The molecule has 15 heavy (non-hydrogen) atoms. The average molecular weight is 198 g/mol. The van der Waals surface area contributed by atoms with Crippen molar-refractivity contribution in [3.63, 3.8) is 0 Å². The molecule has 0 radical (unpaired) electrons. The van der Waals surface area contributed by atoms with E-state index >= 15 is 0 Å². The highest BCUT2D eigenvalue weighted by Crippen LogP contribution is 2.21. The molecule has 1 aromatic carbocycles. The Balaban J connectivity index is 2.46. The van der Waals surface area contributed by atoms with E-state index in [-0.39, 0.29) is 0 Å². The molecule has 0 aliphatic carbocycles. The summed E-state index contributed by atoms with van der Waals surface area (Å²) in [6.07, 6.45) is 2.00. The van der Waals surface area contributed by atoms with Crippen molar-refractivity contribution in [1.82, 2.24) is 9.38 Å². The monoisotopic (exact) mass is 198 g/mol. The molecule has 0 aliphatic rings. The fourth-order valence-corrected chi connectivity index (χ4v) is 1.77. The summed E-state index contributed by atoms with van der Waals surface area (Å²) in [6.45, 7) is 0. The summed E-state index contributed by atoms with van der Waals surface area (Å²) >= 11 is 0. The minimum Gasteiger partial charge on any atom is -0.497 e. The van der Waals surface area contributed by atoms with Crippen LogP contribution in [0.25, 0.3) is 16.7 Å². The Morgan fingerprint density at radius 2 is 2.13 bits per heavy atom. The molecule has 0 saturated heterocycles. The highest BCUT2D eigenvalue weighted by atomic mass is 16.5. The quantitative estimate of drug-likeness (QED) is 0.600. The molecule has 2 aromatic heterocycles. The first-order valence-corrected chi connectivity index (χ1v) is 4.79. The summed E-state index contributed by atoms with van der Waals surface area (Å²) in [7, 11) is 1.67. The molecule has 0 amide bonds. The van der Waals surface area contributed by atoms with Crippen molar-refractivity contribution in [3.05, 3.63) is 42.6 Å². The van der Waals surface area contributed by atoms with Crippen LogP contribution in [0, 0.1) is 0 Å². The molecule has 0 spiro atoms. The van der Waals surface area contributed by atoms with Crippen molar-refractivity contribution < 1.29 is 4.74 Å². The van der Waals surface area contributed by atoms with Gasteiger partial charge in [0.25, 0.3) is 0 Å². The molecule has 0 bridgehead atoms. The minimum absolute atomic E-state index is 0.855. The SMILES string of the molecule is COc1ccc2nc3ccccn3c2c1. The highest BCUT2D eigenvalue weighted by Gasteiger charge is 2.03. The lowest BCUT2D eigenvalue weighted by Gasteiger charge is -1.98. The van der Waals surface area contributed by atoms with Gasteiger partial charge in [-0.15, -0.1) is 0 Å². The highest BCUT2D eigenvalue weighted by molar-refractivity contribution is 5.81. The van der Waals surface area contributed by atoms with Gasteiger partial charge in [0.15, 0.2) is 0 Å². The third-order valence-electron chi connectivity index (χ3n) is 2.52. The zero-order valence-electron chi connectivity index (χ0n) is 8.34. The van der Waals surface area contributed by atoms with E-state index in [1.165, 1.54) is 0 Å². The van der Waals surface area contributed by atoms with Gasteiger partial charge in [0, 0.05) is 12.3 Å². The van der Waals surface area contributed by atoms with Crippen LogP contribution in [0.3, 0.4) is 0 Å². The van der Waals surface area contributed by atoms with Crippen LogP contribution in [0.1, 0.15) is 0 Å². The van der Waals surface area contributed by atoms with Gasteiger partial charge in [0.2, 0.25) is 0 Å². The summed E-state index contributed by atoms with van der Waals surface area (Å²) in [5, 5.41) is 0. The maximum absolute atomic E-state index is 5.20. The van der Waals surface area contributed by atoms with E-state index < -0.39 is 0 Å². The summed E-state index contributed by atoms with van der Waals surface area (Å²) in [6, 6.07) is 11.9. The first kappa shape index (κ1) is 8.29. The van der Waals surface area contributed by atoms with Gasteiger partial charge in [-0.1, -0.05) is 6.07 Å². The van der Waals surface area contributed by atoms with Crippen molar-refractivity contribution in [1.29, 1.82) is 0 Å². The molecule has 0 fully saturated rings. The summed E-state index contributed by atoms with van der Waals surface area (Å²) in [4.78, 5) is 4.50. The van der Waals surface area contributed by atoms with Crippen LogP contribution >= 0.6 is 0 Å². The molecular formula is C12H10N2O. The normalized spacial score (nSPS) is 11.0. The zero-order valence-corrected chi connectivity index (χ0v) is 8.34. The minimum atomic E-state index is 0.855. The molecule has 0 N–H and O–H groups in total. The Hall–Kier alpha value is -2.03. The molecule has 3 heteroatoms. The van der Waals surface area contributed by atoms with Crippen molar-refractivity contribution in [2.75, 3.05) is 7.11 Å². The third-order valence-corrected chi connectivity index (χ3v) is 2.52. The zero-order chi connectivity index (χ0) is 10.3. The van der Waals surface area contributed by atoms with Crippen molar-refractivity contribution in [2.24, 2.45) is 0 Å². The summed E-state index contributed by atoms with van der Waals surface area (Å²) < 4.78 is 7.25. The largest absolute Gasteiger partial charge is 0.497 e. The van der Waals surface area contributed by atoms with Gasteiger partial charge in [-0.3, -0.25) is 4.40 Å². The number of rotatable bonds is 1. The predicted molar refractivity (Wildman–Crippen MR) is 59.3 cm³/mol.